The van der Waals surface area contributed by atoms with Crippen LogP contribution >= 0.6 is 0 Å². The number of nitrogens with one attached hydrogen (secondary N) is 1. The molecule has 2 saturated carbocycles. The molecular weight excluding hydrogens is 228 g/mol. The highest BCUT2D eigenvalue weighted by Gasteiger charge is 2.39. The zero-order valence-corrected chi connectivity index (χ0v) is 11.0. The summed E-state index contributed by atoms with van der Waals surface area (Å²) in [4.78, 5) is 14.1. The van der Waals surface area contributed by atoms with Crippen LogP contribution in [0.4, 0.5) is 0 Å². The predicted molar refractivity (Wildman–Crippen MR) is 69.2 cm³/mol. The average molecular weight is 252 g/mol. The van der Waals surface area contributed by atoms with Crippen molar-refractivity contribution in [2.45, 2.75) is 69.1 Å². The second kappa shape index (κ2) is 4.82. The summed E-state index contributed by atoms with van der Waals surface area (Å²) in [6.07, 6.45) is 8.48. The second-order valence-corrected chi connectivity index (χ2v) is 6.33. The minimum absolute atomic E-state index is 0.0182. The Balaban J connectivity index is 1.54. The lowest BCUT2D eigenvalue weighted by atomic mass is 9.84. The van der Waals surface area contributed by atoms with Gasteiger partial charge in [0.05, 0.1) is 11.6 Å². The van der Waals surface area contributed by atoms with Gasteiger partial charge in [-0.15, -0.1) is 0 Å². The van der Waals surface area contributed by atoms with E-state index >= 15 is 0 Å². The topological polar surface area (TPSA) is 52.6 Å². The zero-order valence-electron chi connectivity index (χ0n) is 11.0. The first-order chi connectivity index (χ1) is 8.66. The van der Waals surface area contributed by atoms with E-state index in [4.69, 9.17) is 0 Å². The molecule has 2 N–H and O–H groups in total. The van der Waals surface area contributed by atoms with Crippen molar-refractivity contribution in [2.75, 3.05) is 13.1 Å². The van der Waals surface area contributed by atoms with Gasteiger partial charge in [0.15, 0.2) is 0 Å². The van der Waals surface area contributed by atoms with Crippen LogP contribution in [0, 0.1) is 0 Å². The molecule has 0 bridgehead atoms. The van der Waals surface area contributed by atoms with Crippen LogP contribution in [0.3, 0.4) is 0 Å². The van der Waals surface area contributed by atoms with E-state index in [0.29, 0.717) is 12.6 Å². The molecule has 0 aromatic carbocycles. The van der Waals surface area contributed by atoms with E-state index in [-0.39, 0.29) is 11.9 Å². The molecule has 1 unspecified atom stereocenters. The molecule has 1 atom stereocenters. The Morgan fingerprint density at radius 1 is 1.22 bits per heavy atom. The van der Waals surface area contributed by atoms with Gasteiger partial charge in [-0.2, -0.15) is 0 Å². The third-order valence-electron chi connectivity index (χ3n) is 4.58. The summed E-state index contributed by atoms with van der Waals surface area (Å²) in [6, 6.07) is 0.598. The van der Waals surface area contributed by atoms with E-state index in [2.05, 4.69) is 5.32 Å². The predicted octanol–water partition coefficient (Wildman–Crippen LogP) is 1.03. The number of carbonyl (C=O) groups excluding carboxylic acids is 1. The molecular formula is C14H24N2O2. The van der Waals surface area contributed by atoms with Crippen LogP contribution < -0.4 is 5.32 Å². The third-order valence-corrected chi connectivity index (χ3v) is 4.58. The molecule has 4 heteroatoms. The minimum atomic E-state index is -0.609. The Kier molecular flexibility index (Phi) is 3.32. The number of hydrogen-bond acceptors (Lipinski definition) is 3. The summed E-state index contributed by atoms with van der Waals surface area (Å²) < 4.78 is 0. The summed E-state index contributed by atoms with van der Waals surface area (Å²) in [6.45, 7) is 1.36. The molecule has 1 amide bonds. The van der Waals surface area contributed by atoms with Gasteiger partial charge in [0.1, 0.15) is 0 Å². The van der Waals surface area contributed by atoms with E-state index in [9.17, 15) is 9.90 Å². The van der Waals surface area contributed by atoms with Crippen LogP contribution in [0.5, 0.6) is 0 Å². The highest BCUT2D eigenvalue weighted by Crippen LogP contribution is 2.30. The molecule has 1 aliphatic heterocycles. The molecule has 4 nitrogen and oxygen atoms in total. The van der Waals surface area contributed by atoms with Gasteiger partial charge in [0.2, 0.25) is 5.91 Å². The molecule has 1 heterocycles. The van der Waals surface area contributed by atoms with Gasteiger partial charge < -0.3 is 15.3 Å². The molecule has 1 saturated heterocycles. The van der Waals surface area contributed by atoms with Crippen LogP contribution in [0.2, 0.25) is 0 Å². The average Bonchev–Trinajstić information content (AvgIpc) is 3.10. The Hall–Kier alpha value is -0.610. The number of likely N-dealkylation sites (tertiary alicyclic amines) is 1. The highest BCUT2D eigenvalue weighted by molar-refractivity contribution is 5.84. The smallest absolute Gasteiger partial charge is 0.239 e. The van der Waals surface area contributed by atoms with Crippen LogP contribution in [0.25, 0.3) is 0 Å². The van der Waals surface area contributed by atoms with Crippen LogP contribution in [-0.4, -0.2) is 46.7 Å². The van der Waals surface area contributed by atoms with E-state index in [1.807, 2.05) is 4.90 Å². The lowest BCUT2D eigenvalue weighted by Crippen LogP contribution is -2.47. The van der Waals surface area contributed by atoms with E-state index in [0.717, 1.165) is 38.6 Å². The Morgan fingerprint density at radius 3 is 2.61 bits per heavy atom. The molecule has 0 aromatic heterocycles. The maximum Gasteiger partial charge on any atom is 0.239 e. The van der Waals surface area contributed by atoms with Crippen molar-refractivity contribution in [2.24, 2.45) is 0 Å². The molecule has 18 heavy (non-hydrogen) atoms. The minimum Gasteiger partial charge on any atom is -0.388 e. The zero-order chi connectivity index (χ0) is 12.6. The summed E-state index contributed by atoms with van der Waals surface area (Å²) in [5.41, 5.74) is -0.609. The second-order valence-electron chi connectivity index (χ2n) is 6.33. The summed E-state index contributed by atoms with van der Waals surface area (Å²) in [5.74, 6) is 0.209. The van der Waals surface area contributed by atoms with Crippen molar-refractivity contribution >= 4 is 5.91 Å². The lowest BCUT2D eigenvalue weighted by Gasteiger charge is -2.35. The molecule has 2 aliphatic carbocycles. The monoisotopic (exact) mass is 252 g/mol. The maximum atomic E-state index is 12.2. The van der Waals surface area contributed by atoms with E-state index < -0.39 is 5.60 Å². The van der Waals surface area contributed by atoms with Gasteiger partial charge in [-0.1, -0.05) is 19.3 Å². The van der Waals surface area contributed by atoms with Crippen molar-refractivity contribution in [3.63, 3.8) is 0 Å². The number of nitrogens with zero attached hydrogens (tertiary/aromatic N) is 1. The van der Waals surface area contributed by atoms with Crippen molar-refractivity contribution < 1.29 is 9.90 Å². The third kappa shape index (κ3) is 2.69. The van der Waals surface area contributed by atoms with Crippen molar-refractivity contribution in [3.8, 4) is 0 Å². The molecule has 102 valence electrons. The normalized spacial score (nSPS) is 31.9. The fourth-order valence-electron chi connectivity index (χ4n) is 3.31. The molecule has 3 fully saturated rings. The summed E-state index contributed by atoms with van der Waals surface area (Å²) in [7, 11) is 0. The van der Waals surface area contributed by atoms with Crippen LogP contribution in [-0.2, 0) is 4.79 Å². The van der Waals surface area contributed by atoms with Gasteiger partial charge in [0.25, 0.3) is 0 Å². The SMILES string of the molecule is O=C1C(NC2CC2)CCN1CC1(O)CCCCC1. The largest absolute Gasteiger partial charge is 0.388 e. The first-order valence-corrected chi connectivity index (χ1v) is 7.44. The molecule has 3 aliphatic rings. The highest BCUT2D eigenvalue weighted by atomic mass is 16.3. The Bertz CT molecular complexity index is 322. The number of amides is 1. The standard InChI is InChI=1S/C14H24N2O2/c17-13-12(15-11-4-5-11)6-9-16(13)10-14(18)7-2-1-3-8-14/h11-12,15,18H,1-10H2. The first kappa shape index (κ1) is 12.4. The fourth-order valence-corrected chi connectivity index (χ4v) is 3.31. The molecule has 0 radical (unpaired) electrons. The molecule has 3 rings (SSSR count). The maximum absolute atomic E-state index is 12.2. The summed E-state index contributed by atoms with van der Waals surface area (Å²) in [5, 5.41) is 13.9. The van der Waals surface area contributed by atoms with Gasteiger partial charge in [-0.25, -0.2) is 0 Å². The van der Waals surface area contributed by atoms with Crippen LogP contribution in [0.1, 0.15) is 51.4 Å². The first-order valence-electron chi connectivity index (χ1n) is 7.44. The van der Waals surface area contributed by atoms with Gasteiger partial charge in [-0.05, 0) is 32.1 Å². The number of aliphatic hydroxyl groups is 1. The lowest BCUT2D eigenvalue weighted by molar-refractivity contribution is -0.133. The summed E-state index contributed by atoms with van der Waals surface area (Å²) >= 11 is 0. The van der Waals surface area contributed by atoms with E-state index in [1.54, 1.807) is 0 Å². The Labute approximate surface area is 109 Å². The Morgan fingerprint density at radius 2 is 1.94 bits per heavy atom. The number of carbonyl (C=O) groups is 1. The van der Waals surface area contributed by atoms with Gasteiger partial charge in [-0.3, -0.25) is 4.79 Å². The van der Waals surface area contributed by atoms with Crippen molar-refractivity contribution in [1.82, 2.24) is 10.2 Å². The number of rotatable bonds is 4. The number of hydrogen-bond donors (Lipinski definition) is 2. The van der Waals surface area contributed by atoms with E-state index in [1.165, 1.54) is 19.3 Å². The van der Waals surface area contributed by atoms with Gasteiger partial charge >= 0.3 is 0 Å². The van der Waals surface area contributed by atoms with Crippen LogP contribution in [0.15, 0.2) is 0 Å². The van der Waals surface area contributed by atoms with Gasteiger partial charge in [0, 0.05) is 19.1 Å². The molecule has 0 aromatic rings. The number of β-amino-alcohol motifs (C(OH)–C–C–N with tert-alkyl or cyclic N) is 1. The molecule has 0 spiro atoms. The fraction of sp³-hybridized carbons (Fsp3) is 0.929. The van der Waals surface area contributed by atoms with Crippen molar-refractivity contribution in [1.29, 1.82) is 0 Å². The quantitative estimate of drug-likeness (QED) is 0.786. The van der Waals surface area contributed by atoms with Crippen molar-refractivity contribution in [3.05, 3.63) is 0 Å².